The van der Waals surface area contributed by atoms with Gasteiger partial charge in [0.2, 0.25) is 5.91 Å². The molecule has 0 radical (unpaired) electrons. The Kier molecular flexibility index (Phi) is 3.73. The highest BCUT2D eigenvalue weighted by molar-refractivity contribution is 5.76. The first-order valence-corrected chi connectivity index (χ1v) is 5.51. The van der Waals surface area contributed by atoms with Crippen LogP contribution in [0.15, 0.2) is 29.0 Å². The summed E-state index contributed by atoms with van der Waals surface area (Å²) in [5, 5.41) is 19.0. The number of nitrogens with zero attached hydrogens (tertiary/aromatic N) is 3. The first-order valence-electron chi connectivity index (χ1n) is 5.51. The smallest absolute Gasteiger partial charge is 0.242 e. The maximum Gasteiger partial charge on any atom is 0.242 e. The molecule has 7 heteroatoms. The van der Waals surface area contributed by atoms with Gasteiger partial charge in [-0.05, 0) is 19.1 Å². The van der Waals surface area contributed by atoms with E-state index >= 15 is 0 Å². The van der Waals surface area contributed by atoms with Gasteiger partial charge >= 0.3 is 0 Å². The summed E-state index contributed by atoms with van der Waals surface area (Å²) >= 11 is 0. The minimum absolute atomic E-state index is 0.0536. The largest absolute Gasteiger partial charge is 0.467 e. The molecular weight excluding hydrogens is 236 g/mol. The summed E-state index contributed by atoms with van der Waals surface area (Å²) in [6.07, 6.45) is 3.08. The van der Waals surface area contributed by atoms with Gasteiger partial charge in [-0.2, -0.15) is 0 Å². The van der Waals surface area contributed by atoms with Gasteiger partial charge in [-0.1, -0.05) is 5.21 Å². The Morgan fingerprint density at radius 2 is 2.50 bits per heavy atom. The molecule has 1 unspecified atom stereocenters. The van der Waals surface area contributed by atoms with Crippen LogP contribution in [0, 0.1) is 0 Å². The van der Waals surface area contributed by atoms with Gasteiger partial charge in [0.15, 0.2) is 0 Å². The van der Waals surface area contributed by atoms with Crippen LogP contribution < -0.4 is 5.32 Å². The van der Waals surface area contributed by atoms with Crippen LogP contribution in [0.1, 0.15) is 24.4 Å². The summed E-state index contributed by atoms with van der Waals surface area (Å²) in [4.78, 5) is 11.7. The third-order valence-electron chi connectivity index (χ3n) is 2.40. The molecule has 0 fully saturated rings. The Labute approximate surface area is 103 Å². The average Bonchev–Trinajstić information content (AvgIpc) is 2.98. The molecule has 0 saturated heterocycles. The van der Waals surface area contributed by atoms with E-state index in [-0.39, 0.29) is 25.1 Å². The molecule has 0 saturated carbocycles. The summed E-state index contributed by atoms with van der Waals surface area (Å²) in [5.74, 6) is 0.492. The van der Waals surface area contributed by atoms with Crippen LogP contribution in [0.25, 0.3) is 0 Å². The van der Waals surface area contributed by atoms with E-state index in [2.05, 4.69) is 15.6 Å². The average molecular weight is 250 g/mol. The summed E-state index contributed by atoms with van der Waals surface area (Å²) in [7, 11) is 0. The van der Waals surface area contributed by atoms with E-state index in [0.29, 0.717) is 11.5 Å². The second-order valence-electron chi connectivity index (χ2n) is 3.87. The maximum atomic E-state index is 11.7. The molecule has 2 heterocycles. The molecule has 0 aliphatic carbocycles. The Morgan fingerprint density at radius 1 is 1.67 bits per heavy atom. The zero-order chi connectivity index (χ0) is 13.0. The molecule has 18 heavy (non-hydrogen) atoms. The fraction of sp³-hybridized carbons (Fsp3) is 0.364. The van der Waals surface area contributed by atoms with Crippen LogP contribution >= 0.6 is 0 Å². The second kappa shape index (κ2) is 5.46. The van der Waals surface area contributed by atoms with Gasteiger partial charge in [0, 0.05) is 0 Å². The molecule has 0 bridgehead atoms. The van der Waals surface area contributed by atoms with Gasteiger partial charge in [-0.3, -0.25) is 4.79 Å². The fourth-order valence-corrected chi connectivity index (χ4v) is 1.53. The van der Waals surface area contributed by atoms with E-state index in [4.69, 9.17) is 9.52 Å². The lowest BCUT2D eigenvalue weighted by atomic mass is 10.2. The Bertz CT molecular complexity index is 506. The number of aliphatic hydroxyl groups is 1. The number of rotatable bonds is 5. The SMILES string of the molecule is CC(NC(=O)Cn1cc(CO)nn1)c1ccco1. The van der Waals surface area contributed by atoms with Gasteiger partial charge in [0.25, 0.3) is 0 Å². The maximum absolute atomic E-state index is 11.7. The predicted molar refractivity (Wildman–Crippen MR) is 61.2 cm³/mol. The van der Waals surface area contributed by atoms with Crippen molar-refractivity contribution in [2.45, 2.75) is 26.1 Å². The molecule has 7 nitrogen and oxygen atoms in total. The van der Waals surface area contributed by atoms with Gasteiger partial charge in [-0.25, -0.2) is 4.68 Å². The van der Waals surface area contributed by atoms with Crippen LogP contribution in [0.2, 0.25) is 0 Å². The van der Waals surface area contributed by atoms with E-state index in [9.17, 15) is 4.79 Å². The third-order valence-corrected chi connectivity index (χ3v) is 2.40. The number of hydrogen-bond acceptors (Lipinski definition) is 5. The summed E-state index contributed by atoms with van der Waals surface area (Å²) in [6, 6.07) is 3.36. The number of carbonyl (C=O) groups excluding carboxylic acids is 1. The molecule has 2 aromatic heterocycles. The molecule has 0 aromatic carbocycles. The van der Waals surface area contributed by atoms with Gasteiger partial charge in [0.05, 0.1) is 25.1 Å². The summed E-state index contributed by atoms with van der Waals surface area (Å²) < 4.78 is 6.56. The first-order chi connectivity index (χ1) is 8.69. The van der Waals surface area contributed by atoms with Crippen molar-refractivity contribution in [3.8, 4) is 0 Å². The number of carbonyl (C=O) groups is 1. The lowest BCUT2D eigenvalue weighted by Gasteiger charge is -2.10. The van der Waals surface area contributed by atoms with Crippen molar-refractivity contribution < 1.29 is 14.3 Å². The number of amides is 1. The van der Waals surface area contributed by atoms with Gasteiger partial charge in [0.1, 0.15) is 18.0 Å². The molecule has 2 N–H and O–H groups in total. The highest BCUT2D eigenvalue weighted by Gasteiger charge is 2.12. The number of furan rings is 1. The van der Waals surface area contributed by atoms with E-state index < -0.39 is 0 Å². The predicted octanol–water partition coefficient (Wildman–Crippen LogP) is 0.241. The van der Waals surface area contributed by atoms with Gasteiger partial charge < -0.3 is 14.8 Å². The Hall–Kier alpha value is -2.15. The second-order valence-corrected chi connectivity index (χ2v) is 3.87. The molecule has 96 valence electrons. The molecule has 1 amide bonds. The molecule has 1 atom stereocenters. The van der Waals surface area contributed by atoms with Crippen molar-refractivity contribution in [2.24, 2.45) is 0 Å². The van der Waals surface area contributed by atoms with Crippen molar-refractivity contribution in [1.82, 2.24) is 20.3 Å². The third kappa shape index (κ3) is 2.95. The van der Waals surface area contributed by atoms with Crippen LogP contribution in [0.3, 0.4) is 0 Å². The molecular formula is C11H14N4O3. The van der Waals surface area contributed by atoms with Crippen molar-refractivity contribution in [1.29, 1.82) is 0 Å². The lowest BCUT2D eigenvalue weighted by molar-refractivity contribution is -0.122. The molecule has 2 rings (SSSR count). The highest BCUT2D eigenvalue weighted by atomic mass is 16.3. The highest BCUT2D eigenvalue weighted by Crippen LogP contribution is 2.11. The van der Waals surface area contributed by atoms with E-state index in [1.54, 1.807) is 18.4 Å². The van der Waals surface area contributed by atoms with Crippen molar-refractivity contribution in [3.05, 3.63) is 36.0 Å². The summed E-state index contributed by atoms with van der Waals surface area (Å²) in [5.41, 5.74) is 0.432. The topological polar surface area (TPSA) is 93.2 Å². The van der Waals surface area contributed by atoms with Crippen LogP contribution in [-0.2, 0) is 17.9 Å². The number of hydrogen-bond donors (Lipinski definition) is 2. The Morgan fingerprint density at radius 3 is 3.11 bits per heavy atom. The van der Waals surface area contributed by atoms with E-state index in [0.717, 1.165) is 0 Å². The van der Waals surface area contributed by atoms with Crippen molar-refractivity contribution in [2.75, 3.05) is 0 Å². The summed E-state index contributed by atoms with van der Waals surface area (Å²) in [6.45, 7) is 1.69. The van der Waals surface area contributed by atoms with Crippen LogP contribution in [0.4, 0.5) is 0 Å². The monoisotopic (exact) mass is 250 g/mol. The molecule has 0 spiro atoms. The van der Waals surface area contributed by atoms with Crippen LogP contribution in [-0.4, -0.2) is 26.0 Å². The standard InChI is InChI=1S/C11H14N4O3/c1-8(10-3-2-4-18-10)12-11(17)6-15-5-9(7-16)13-14-15/h2-5,8,16H,6-7H2,1H3,(H,12,17). The molecule has 0 aliphatic rings. The Balaban J connectivity index is 1.88. The minimum atomic E-state index is -0.201. The minimum Gasteiger partial charge on any atom is -0.467 e. The number of aromatic nitrogens is 3. The van der Waals surface area contributed by atoms with Crippen molar-refractivity contribution >= 4 is 5.91 Å². The van der Waals surface area contributed by atoms with E-state index in [1.165, 1.54) is 10.9 Å². The quantitative estimate of drug-likeness (QED) is 0.793. The molecule has 0 aliphatic heterocycles. The van der Waals surface area contributed by atoms with Crippen molar-refractivity contribution in [3.63, 3.8) is 0 Å². The normalized spacial score (nSPS) is 12.3. The van der Waals surface area contributed by atoms with Crippen LogP contribution in [0.5, 0.6) is 0 Å². The number of nitrogens with one attached hydrogen (secondary N) is 1. The fourth-order valence-electron chi connectivity index (χ4n) is 1.53. The zero-order valence-corrected chi connectivity index (χ0v) is 9.91. The number of aliphatic hydroxyl groups excluding tert-OH is 1. The zero-order valence-electron chi connectivity index (χ0n) is 9.91. The molecule has 2 aromatic rings. The van der Waals surface area contributed by atoms with Gasteiger partial charge in [-0.15, -0.1) is 5.10 Å². The van der Waals surface area contributed by atoms with E-state index in [1.807, 2.05) is 6.92 Å². The lowest BCUT2D eigenvalue weighted by Crippen LogP contribution is -2.30. The first kappa shape index (κ1) is 12.3.